The zero-order valence-electron chi connectivity index (χ0n) is 14.7. The molecule has 2 aromatic rings. The molecule has 1 aliphatic rings. The number of piperidine rings is 1. The fraction of sp³-hybridized carbons (Fsp3) is 0.474. The molecule has 1 saturated heterocycles. The van der Waals surface area contributed by atoms with Crippen molar-refractivity contribution in [3.05, 3.63) is 35.5 Å². The third-order valence-electron chi connectivity index (χ3n) is 4.97. The number of para-hydroxylation sites is 1. The lowest BCUT2D eigenvalue weighted by molar-refractivity contribution is -0.143. The van der Waals surface area contributed by atoms with Crippen molar-refractivity contribution in [3.63, 3.8) is 0 Å². The molecular formula is C19H25N3O3. The van der Waals surface area contributed by atoms with Crippen molar-refractivity contribution < 1.29 is 14.7 Å². The number of benzene rings is 1. The Morgan fingerprint density at radius 2 is 2.08 bits per heavy atom. The van der Waals surface area contributed by atoms with Gasteiger partial charge in [0.1, 0.15) is 0 Å². The van der Waals surface area contributed by atoms with Gasteiger partial charge in [-0.25, -0.2) is 4.79 Å². The van der Waals surface area contributed by atoms with E-state index in [2.05, 4.69) is 16.4 Å². The number of amides is 2. The number of nitrogens with one attached hydrogen (secondary N) is 2. The number of hydrogen-bond acceptors (Lipinski definition) is 2. The van der Waals surface area contributed by atoms with Crippen LogP contribution in [-0.2, 0) is 11.2 Å². The second-order valence-corrected chi connectivity index (χ2v) is 7.04. The molecule has 3 N–H and O–H groups in total. The first kappa shape index (κ1) is 17.3. The molecule has 6 nitrogen and oxygen atoms in total. The van der Waals surface area contributed by atoms with E-state index >= 15 is 0 Å². The Bertz CT molecular complexity index is 783. The average molecular weight is 343 g/mol. The summed E-state index contributed by atoms with van der Waals surface area (Å²) in [5.41, 5.74) is 3.44. The molecule has 0 spiro atoms. The van der Waals surface area contributed by atoms with Gasteiger partial charge in [-0.1, -0.05) is 25.1 Å². The van der Waals surface area contributed by atoms with Crippen LogP contribution in [0.1, 0.15) is 24.6 Å². The second kappa shape index (κ2) is 7.17. The topological polar surface area (TPSA) is 85.4 Å². The molecule has 1 fully saturated rings. The van der Waals surface area contributed by atoms with Crippen LogP contribution in [0.15, 0.2) is 24.3 Å². The maximum absolute atomic E-state index is 12.4. The lowest BCUT2D eigenvalue weighted by atomic mass is 9.91. The third kappa shape index (κ3) is 3.78. The summed E-state index contributed by atoms with van der Waals surface area (Å²) in [7, 11) is 0. The van der Waals surface area contributed by atoms with Crippen molar-refractivity contribution in [2.45, 2.75) is 26.7 Å². The normalized spacial score (nSPS) is 20.6. The number of carboxylic acids is 1. The molecule has 2 heterocycles. The van der Waals surface area contributed by atoms with Crippen LogP contribution < -0.4 is 5.32 Å². The predicted octanol–water partition coefficient (Wildman–Crippen LogP) is 2.77. The van der Waals surface area contributed by atoms with Gasteiger partial charge >= 0.3 is 12.0 Å². The maximum Gasteiger partial charge on any atom is 0.317 e. The summed E-state index contributed by atoms with van der Waals surface area (Å²) >= 11 is 0. The van der Waals surface area contributed by atoms with Crippen LogP contribution in [0, 0.1) is 18.8 Å². The Kier molecular flexibility index (Phi) is 4.97. The van der Waals surface area contributed by atoms with E-state index in [1.54, 1.807) is 4.90 Å². The highest BCUT2D eigenvalue weighted by atomic mass is 16.4. The number of aromatic amines is 1. The molecule has 0 radical (unpaired) electrons. The number of aliphatic carboxylic acids is 1. The first-order chi connectivity index (χ1) is 12.0. The Labute approximate surface area is 147 Å². The number of aromatic nitrogens is 1. The van der Waals surface area contributed by atoms with E-state index in [-0.39, 0.29) is 18.5 Å². The Morgan fingerprint density at radius 1 is 1.32 bits per heavy atom. The number of fused-ring (bicyclic) bond motifs is 1. The number of H-pyrrole nitrogens is 1. The van der Waals surface area contributed by atoms with Gasteiger partial charge in [-0.05, 0) is 37.3 Å². The van der Waals surface area contributed by atoms with E-state index in [1.807, 2.05) is 32.0 Å². The number of aryl methyl sites for hydroxylation is 1. The van der Waals surface area contributed by atoms with Gasteiger partial charge in [0.25, 0.3) is 0 Å². The van der Waals surface area contributed by atoms with E-state index in [0.717, 1.165) is 17.6 Å². The van der Waals surface area contributed by atoms with E-state index in [0.29, 0.717) is 19.5 Å². The molecular weight excluding hydrogens is 318 g/mol. The molecule has 0 saturated carbocycles. The summed E-state index contributed by atoms with van der Waals surface area (Å²) in [6.07, 6.45) is 1.38. The molecule has 2 unspecified atom stereocenters. The Balaban J connectivity index is 1.59. The number of carbonyl (C=O) groups is 2. The van der Waals surface area contributed by atoms with Crippen LogP contribution in [0.25, 0.3) is 10.9 Å². The van der Waals surface area contributed by atoms with E-state index in [9.17, 15) is 14.7 Å². The van der Waals surface area contributed by atoms with E-state index < -0.39 is 11.9 Å². The number of rotatable bonds is 4. The molecule has 1 aromatic carbocycles. The van der Waals surface area contributed by atoms with Gasteiger partial charge in [-0.2, -0.15) is 0 Å². The van der Waals surface area contributed by atoms with Crippen LogP contribution in [0.2, 0.25) is 0 Å². The maximum atomic E-state index is 12.4. The van der Waals surface area contributed by atoms with Gasteiger partial charge < -0.3 is 20.3 Å². The SMILES string of the molecule is Cc1[nH]c2ccccc2c1CCNC(=O)N1CC(C)CC(C(=O)O)C1. The molecule has 6 heteroatoms. The molecule has 2 amide bonds. The van der Waals surface area contributed by atoms with Crippen molar-refractivity contribution in [3.8, 4) is 0 Å². The highest BCUT2D eigenvalue weighted by Gasteiger charge is 2.31. The number of hydrogen-bond donors (Lipinski definition) is 3. The summed E-state index contributed by atoms with van der Waals surface area (Å²) in [4.78, 5) is 28.6. The highest BCUT2D eigenvalue weighted by Crippen LogP contribution is 2.23. The van der Waals surface area contributed by atoms with Gasteiger partial charge in [0.2, 0.25) is 0 Å². The molecule has 1 aromatic heterocycles. The van der Waals surface area contributed by atoms with Crippen LogP contribution in [0.5, 0.6) is 0 Å². The number of nitrogens with zero attached hydrogens (tertiary/aromatic N) is 1. The number of carboxylic acid groups (broad SMARTS) is 1. The van der Waals surface area contributed by atoms with Crippen molar-refractivity contribution in [2.75, 3.05) is 19.6 Å². The van der Waals surface area contributed by atoms with Crippen LogP contribution >= 0.6 is 0 Å². The summed E-state index contributed by atoms with van der Waals surface area (Å²) in [5, 5.41) is 13.4. The summed E-state index contributed by atoms with van der Waals surface area (Å²) in [6.45, 7) is 5.47. The lowest BCUT2D eigenvalue weighted by Gasteiger charge is -2.34. The van der Waals surface area contributed by atoms with E-state index in [1.165, 1.54) is 10.9 Å². The third-order valence-corrected chi connectivity index (χ3v) is 4.97. The highest BCUT2D eigenvalue weighted by molar-refractivity contribution is 5.84. The minimum Gasteiger partial charge on any atom is -0.481 e. The van der Waals surface area contributed by atoms with Crippen molar-refractivity contribution in [1.29, 1.82) is 0 Å². The zero-order chi connectivity index (χ0) is 18.0. The van der Waals surface area contributed by atoms with Crippen LogP contribution in [0.3, 0.4) is 0 Å². The minimum atomic E-state index is -0.821. The van der Waals surface area contributed by atoms with Gasteiger partial charge in [0.15, 0.2) is 0 Å². The quantitative estimate of drug-likeness (QED) is 0.798. The van der Waals surface area contributed by atoms with Gasteiger partial charge in [0, 0.05) is 36.2 Å². The van der Waals surface area contributed by atoms with Crippen molar-refractivity contribution >= 4 is 22.9 Å². The Morgan fingerprint density at radius 3 is 2.84 bits per heavy atom. The first-order valence-corrected chi connectivity index (χ1v) is 8.77. The monoisotopic (exact) mass is 343 g/mol. The molecule has 3 rings (SSSR count). The number of urea groups is 1. The fourth-order valence-electron chi connectivity index (χ4n) is 3.76. The predicted molar refractivity (Wildman–Crippen MR) is 96.6 cm³/mol. The fourth-order valence-corrected chi connectivity index (χ4v) is 3.76. The Hall–Kier alpha value is -2.50. The van der Waals surface area contributed by atoms with E-state index in [4.69, 9.17) is 0 Å². The number of likely N-dealkylation sites (tertiary alicyclic amines) is 1. The molecule has 1 aliphatic heterocycles. The first-order valence-electron chi connectivity index (χ1n) is 8.77. The molecule has 2 atom stereocenters. The summed E-state index contributed by atoms with van der Waals surface area (Å²) in [6, 6.07) is 7.97. The second-order valence-electron chi connectivity index (χ2n) is 7.04. The lowest BCUT2D eigenvalue weighted by Crippen LogP contribution is -2.49. The minimum absolute atomic E-state index is 0.171. The van der Waals surface area contributed by atoms with Crippen LogP contribution in [0.4, 0.5) is 4.79 Å². The molecule has 134 valence electrons. The summed E-state index contributed by atoms with van der Waals surface area (Å²) in [5.74, 6) is -1.08. The molecule has 0 aliphatic carbocycles. The van der Waals surface area contributed by atoms with Crippen LogP contribution in [-0.4, -0.2) is 46.6 Å². The van der Waals surface area contributed by atoms with Gasteiger partial charge in [-0.15, -0.1) is 0 Å². The molecule has 0 bridgehead atoms. The summed E-state index contributed by atoms with van der Waals surface area (Å²) < 4.78 is 0. The van der Waals surface area contributed by atoms with Crippen molar-refractivity contribution in [1.82, 2.24) is 15.2 Å². The number of carbonyl (C=O) groups excluding carboxylic acids is 1. The van der Waals surface area contributed by atoms with Crippen molar-refractivity contribution in [2.24, 2.45) is 11.8 Å². The molecule has 25 heavy (non-hydrogen) atoms. The standard InChI is InChI=1S/C19H25N3O3/c1-12-9-14(18(23)24)11-22(10-12)19(25)20-8-7-15-13(2)21-17-6-4-3-5-16(15)17/h3-6,12,14,21H,7-11H2,1-2H3,(H,20,25)(H,23,24). The zero-order valence-corrected chi connectivity index (χ0v) is 14.7. The smallest absolute Gasteiger partial charge is 0.317 e. The van der Waals surface area contributed by atoms with Gasteiger partial charge in [-0.3, -0.25) is 4.79 Å². The van der Waals surface area contributed by atoms with Gasteiger partial charge in [0.05, 0.1) is 5.92 Å². The average Bonchev–Trinajstić information content (AvgIpc) is 2.90. The largest absolute Gasteiger partial charge is 0.481 e.